The lowest BCUT2D eigenvalue weighted by molar-refractivity contribution is 0.128. The van der Waals surface area contributed by atoms with E-state index >= 15 is 0 Å². The van der Waals surface area contributed by atoms with Crippen molar-refractivity contribution in [3.05, 3.63) is 36.6 Å². The fourth-order valence-corrected chi connectivity index (χ4v) is 0.389. The van der Waals surface area contributed by atoms with Gasteiger partial charge in [0, 0.05) is 0 Å². The number of nitrogens with zero attached hydrogens (tertiary/aromatic N) is 1. The molecule has 0 aliphatic carbocycles. The minimum Gasteiger partial charge on any atom is -0.449 e. The fourth-order valence-electron chi connectivity index (χ4n) is 0.389. The molecule has 0 aliphatic rings. The molecule has 0 aromatic carbocycles. The molecule has 0 fully saturated rings. The lowest BCUT2D eigenvalue weighted by atomic mass is 10.3. The molecule has 1 N–H and O–H groups in total. The molecule has 0 aromatic rings. The van der Waals surface area contributed by atoms with E-state index in [0.717, 1.165) is 6.26 Å². The summed E-state index contributed by atoms with van der Waals surface area (Å²) in [5.41, 5.74) is 0.109. The summed E-state index contributed by atoms with van der Waals surface area (Å²) < 4.78 is 4.04. The minimum absolute atomic E-state index is 0.109. The monoisotopic (exact) mass is 165 g/mol. The third kappa shape index (κ3) is 4.82. The standard InChI is InChI=1S/C8H7NO3/c1-2-3-4-7(5-9)6-12-8(10)11/h2-4,6H,1H2,(H,10,11). The Bertz CT molecular complexity index is 271. The number of rotatable bonds is 3. The van der Waals surface area contributed by atoms with Crippen molar-refractivity contribution >= 4 is 6.16 Å². The van der Waals surface area contributed by atoms with Crippen LogP contribution in [-0.2, 0) is 4.74 Å². The van der Waals surface area contributed by atoms with Gasteiger partial charge in [-0.3, -0.25) is 0 Å². The van der Waals surface area contributed by atoms with Crippen molar-refractivity contribution in [3.63, 3.8) is 0 Å². The number of hydrogen-bond acceptors (Lipinski definition) is 3. The first-order valence-electron chi connectivity index (χ1n) is 2.99. The maximum atomic E-state index is 9.87. The second-order valence-corrected chi connectivity index (χ2v) is 1.66. The zero-order valence-corrected chi connectivity index (χ0v) is 6.23. The normalized spacial score (nSPS) is 10.8. The van der Waals surface area contributed by atoms with Crippen molar-refractivity contribution in [2.45, 2.75) is 0 Å². The van der Waals surface area contributed by atoms with Gasteiger partial charge < -0.3 is 9.84 Å². The first kappa shape index (κ1) is 9.98. The molecule has 0 aliphatic heterocycles. The predicted octanol–water partition coefficient (Wildman–Crippen LogP) is 1.83. The summed E-state index contributed by atoms with van der Waals surface area (Å²) in [6.45, 7) is 3.38. The van der Waals surface area contributed by atoms with E-state index < -0.39 is 6.16 Å². The number of hydrogen-bond donors (Lipinski definition) is 1. The fraction of sp³-hybridized carbons (Fsp3) is 0. The molecular formula is C8H7NO3. The van der Waals surface area contributed by atoms with E-state index in [1.807, 2.05) is 0 Å². The molecule has 62 valence electrons. The summed E-state index contributed by atoms with van der Waals surface area (Å²) in [6, 6.07) is 1.73. The molecule has 12 heavy (non-hydrogen) atoms. The molecule has 0 aromatic heterocycles. The summed E-state index contributed by atoms with van der Waals surface area (Å²) >= 11 is 0. The molecule has 0 rings (SSSR count). The van der Waals surface area contributed by atoms with Crippen molar-refractivity contribution in [2.75, 3.05) is 0 Å². The van der Waals surface area contributed by atoms with Gasteiger partial charge >= 0.3 is 6.16 Å². The lowest BCUT2D eigenvalue weighted by Crippen LogP contribution is -1.92. The summed E-state index contributed by atoms with van der Waals surface area (Å²) in [5, 5.41) is 16.5. The number of ether oxygens (including phenoxy) is 1. The van der Waals surface area contributed by atoms with Gasteiger partial charge in [0.2, 0.25) is 0 Å². The SMILES string of the molecule is C=CC=CC(C#N)=COC(=O)O. The molecule has 0 radical (unpaired) electrons. The van der Waals surface area contributed by atoms with Gasteiger partial charge in [0.1, 0.15) is 12.3 Å². The Morgan fingerprint density at radius 1 is 1.67 bits per heavy atom. The van der Waals surface area contributed by atoms with Crippen LogP contribution in [0.1, 0.15) is 0 Å². The number of carbonyl (C=O) groups is 1. The van der Waals surface area contributed by atoms with E-state index in [0.29, 0.717) is 0 Å². The average molecular weight is 165 g/mol. The van der Waals surface area contributed by atoms with E-state index in [2.05, 4.69) is 11.3 Å². The molecule has 0 spiro atoms. The molecule has 0 heterocycles. The maximum Gasteiger partial charge on any atom is 0.510 e. The molecule has 0 atom stereocenters. The third-order valence-electron chi connectivity index (χ3n) is 0.828. The van der Waals surface area contributed by atoms with E-state index in [4.69, 9.17) is 10.4 Å². The van der Waals surface area contributed by atoms with E-state index in [1.54, 1.807) is 6.07 Å². The Morgan fingerprint density at radius 2 is 2.33 bits per heavy atom. The molecule has 0 bridgehead atoms. The van der Waals surface area contributed by atoms with Gasteiger partial charge in [0.15, 0.2) is 0 Å². The summed E-state index contributed by atoms with van der Waals surface area (Å²) in [4.78, 5) is 9.87. The lowest BCUT2D eigenvalue weighted by Gasteiger charge is -1.88. The third-order valence-corrected chi connectivity index (χ3v) is 0.828. The smallest absolute Gasteiger partial charge is 0.449 e. The summed E-state index contributed by atoms with van der Waals surface area (Å²) in [7, 11) is 0. The molecule has 0 saturated heterocycles. The van der Waals surface area contributed by atoms with Crippen molar-refractivity contribution in [2.24, 2.45) is 0 Å². The highest BCUT2D eigenvalue weighted by Gasteiger charge is 1.93. The van der Waals surface area contributed by atoms with Gasteiger partial charge in [0.05, 0.1) is 5.57 Å². The van der Waals surface area contributed by atoms with E-state index in [1.165, 1.54) is 18.2 Å². The number of nitriles is 1. The quantitative estimate of drug-likeness (QED) is 0.299. The van der Waals surface area contributed by atoms with Crippen LogP contribution in [0.4, 0.5) is 4.79 Å². The van der Waals surface area contributed by atoms with Gasteiger partial charge in [0.25, 0.3) is 0 Å². The molecule has 0 saturated carbocycles. The first-order chi connectivity index (χ1) is 5.70. The summed E-state index contributed by atoms with van der Waals surface area (Å²) in [6.07, 6.45) is 3.75. The topological polar surface area (TPSA) is 70.3 Å². The highest BCUT2D eigenvalue weighted by molar-refractivity contribution is 5.58. The van der Waals surface area contributed by atoms with Crippen LogP contribution >= 0.6 is 0 Å². The maximum absolute atomic E-state index is 9.87. The number of allylic oxidation sites excluding steroid dienone is 4. The van der Waals surface area contributed by atoms with Crippen molar-refractivity contribution in [1.29, 1.82) is 5.26 Å². The van der Waals surface area contributed by atoms with Crippen LogP contribution in [0.2, 0.25) is 0 Å². The van der Waals surface area contributed by atoms with Gasteiger partial charge in [-0.1, -0.05) is 18.7 Å². The molecule has 4 nitrogen and oxygen atoms in total. The Hall–Kier alpha value is -2.02. The molecule has 4 heteroatoms. The summed E-state index contributed by atoms with van der Waals surface area (Å²) in [5.74, 6) is 0. The second-order valence-electron chi connectivity index (χ2n) is 1.66. The number of carboxylic acid groups (broad SMARTS) is 1. The molecule has 0 unspecified atom stereocenters. The van der Waals surface area contributed by atoms with Crippen LogP contribution < -0.4 is 0 Å². The minimum atomic E-state index is -1.45. The van der Waals surface area contributed by atoms with Gasteiger partial charge in [-0.05, 0) is 6.08 Å². The van der Waals surface area contributed by atoms with Crippen molar-refractivity contribution < 1.29 is 14.6 Å². The van der Waals surface area contributed by atoms with Crippen LogP contribution in [0.15, 0.2) is 36.6 Å². The van der Waals surface area contributed by atoms with E-state index in [-0.39, 0.29) is 5.57 Å². The largest absolute Gasteiger partial charge is 0.510 e. The second kappa shape index (κ2) is 5.74. The Kier molecular flexibility index (Phi) is 4.77. The average Bonchev–Trinajstić information content (AvgIpc) is 2.05. The Labute approximate surface area is 69.7 Å². The zero-order valence-electron chi connectivity index (χ0n) is 6.23. The Balaban J connectivity index is 4.25. The predicted molar refractivity (Wildman–Crippen MR) is 42.1 cm³/mol. The highest BCUT2D eigenvalue weighted by Crippen LogP contribution is 1.95. The van der Waals surface area contributed by atoms with Crippen molar-refractivity contribution in [3.8, 4) is 6.07 Å². The molecular weight excluding hydrogens is 158 g/mol. The molecule has 0 amide bonds. The van der Waals surface area contributed by atoms with Gasteiger partial charge in [-0.2, -0.15) is 5.26 Å². The van der Waals surface area contributed by atoms with E-state index in [9.17, 15) is 4.79 Å². The van der Waals surface area contributed by atoms with Crippen molar-refractivity contribution in [1.82, 2.24) is 0 Å². The first-order valence-corrected chi connectivity index (χ1v) is 2.99. The van der Waals surface area contributed by atoms with Crippen LogP contribution in [0.5, 0.6) is 0 Å². The van der Waals surface area contributed by atoms with Crippen LogP contribution in [0.3, 0.4) is 0 Å². The van der Waals surface area contributed by atoms with Crippen LogP contribution in [0.25, 0.3) is 0 Å². The van der Waals surface area contributed by atoms with Gasteiger partial charge in [-0.15, -0.1) is 0 Å². The van der Waals surface area contributed by atoms with Crippen LogP contribution in [0, 0.1) is 11.3 Å². The zero-order chi connectivity index (χ0) is 9.40. The Morgan fingerprint density at radius 3 is 2.75 bits per heavy atom. The van der Waals surface area contributed by atoms with Crippen LogP contribution in [-0.4, -0.2) is 11.3 Å². The van der Waals surface area contributed by atoms with Gasteiger partial charge in [-0.25, -0.2) is 4.79 Å². The highest BCUT2D eigenvalue weighted by atomic mass is 16.7.